The zero-order chi connectivity index (χ0) is 11.3. The normalized spacial score (nSPS) is 9.73. The highest BCUT2D eigenvalue weighted by molar-refractivity contribution is 6.31. The van der Waals surface area contributed by atoms with Crippen molar-refractivity contribution in [1.82, 2.24) is 0 Å². The number of rotatable bonds is 4. The zero-order valence-corrected chi connectivity index (χ0v) is 8.83. The summed E-state index contributed by atoms with van der Waals surface area (Å²) in [4.78, 5) is 14.9. The lowest BCUT2D eigenvalue weighted by molar-refractivity contribution is -0.182. The van der Waals surface area contributed by atoms with Crippen molar-refractivity contribution >= 4 is 17.6 Å². The number of halogens is 1. The molecular formula is C11H11ClO3. The van der Waals surface area contributed by atoms with Crippen LogP contribution in [0.1, 0.15) is 22.3 Å². The maximum atomic E-state index is 11.2. The number of allylic oxidation sites excluding steroid dienone is 1. The average molecular weight is 227 g/mol. The highest BCUT2D eigenvalue weighted by Crippen LogP contribution is 2.18. The third-order valence-electron chi connectivity index (χ3n) is 1.99. The van der Waals surface area contributed by atoms with E-state index in [0.29, 0.717) is 11.4 Å². The van der Waals surface area contributed by atoms with Crippen LogP contribution < -0.4 is 0 Å². The van der Waals surface area contributed by atoms with Gasteiger partial charge in [0.1, 0.15) is 0 Å². The minimum Gasteiger partial charge on any atom is -0.295 e. The van der Waals surface area contributed by atoms with E-state index in [1.807, 2.05) is 0 Å². The number of hydrogen-bond donors (Lipinski definition) is 1. The van der Waals surface area contributed by atoms with Gasteiger partial charge >= 0.3 is 5.97 Å². The molecule has 0 amide bonds. The second-order valence-electron chi connectivity index (χ2n) is 3.01. The van der Waals surface area contributed by atoms with E-state index in [-0.39, 0.29) is 5.56 Å². The van der Waals surface area contributed by atoms with Gasteiger partial charge in [-0.1, -0.05) is 23.7 Å². The SMILES string of the molecule is C=CCCc1ccc(Cl)cc1C(=O)OO. The lowest BCUT2D eigenvalue weighted by Gasteiger charge is -2.05. The second kappa shape index (κ2) is 5.53. The van der Waals surface area contributed by atoms with E-state index in [1.165, 1.54) is 6.07 Å². The zero-order valence-electron chi connectivity index (χ0n) is 8.07. The van der Waals surface area contributed by atoms with E-state index < -0.39 is 5.97 Å². The molecule has 0 spiro atoms. The topological polar surface area (TPSA) is 46.5 Å². The first-order chi connectivity index (χ1) is 7.19. The third-order valence-corrected chi connectivity index (χ3v) is 2.23. The Morgan fingerprint density at radius 2 is 2.33 bits per heavy atom. The molecule has 0 unspecified atom stereocenters. The van der Waals surface area contributed by atoms with Crippen LogP contribution in [0, 0.1) is 0 Å². The molecule has 0 atom stereocenters. The molecule has 0 heterocycles. The molecular weight excluding hydrogens is 216 g/mol. The molecule has 1 aromatic rings. The lowest BCUT2D eigenvalue weighted by Crippen LogP contribution is -2.06. The summed E-state index contributed by atoms with van der Waals surface area (Å²) in [5.41, 5.74) is 1.06. The van der Waals surface area contributed by atoms with Crippen molar-refractivity contribution in [3.05, 3.63) is 47.0 Å². The van der Waals surface area contributed by atoms with Crippen molar-refractivity contribution in [1.29, 1.82) is 0 Å². The summed E-state index contributed by atoms with van der Waals surface area (Å²) in [6.45, 7) is 3.60. The summed E-state index contributed by atoms with van der Waals surface area (Å²) in [5, 5.41) is 8.74. The van der Waals surface area contributed by atoms with Crippen molar-refractivity contribution in [3.8, 4) is 0 Å². The Hall–Kier alpha value is -1.32. The summed E-state index contributed by atoms with van der Waals surface area (Å²) >= 11 is 5.74. The molecule has 0 bridgehead atoms. The Labute approximate surface area is 92.9 Å². The van der Waals surface area contributed by atoms with Crippen LogP contribution in [0.5, 0.6) is 0 Å². The monoisotopic (exact) mass is 226 g/mol. The van der Waals surface area contributed by atoms with E-state index in [1.54, 1.807) is 18.2 Å². The molecule has 0 aliphatic rings. The van der Waals surface area contributed by atoms with Crippen LogP contribution in [-0.2, 0) is 11.3 Å². The fraction of sp³-hybridized carbons (Fsp3) is 0.182. The smallest absolute Gasteiger partial charge is 0.295 e. The summed E-state index contributed by atoms with van der Waals surface area (Å²) in [7, 11) is 0. The van der Waals surface area contributed by atoms with E-state index >= 15 is 0 Å². The van der Waals surface area contributed by atoms with Crippen molar-refractivity contribution in [2.45, 2.75) is 12.8 Å². The van der Waals surface area contributed by atoms with E-state index in [0.717, 1.165) is 12.0 Å². The Morgan fingerprint density at radius 1 is 1.60 bits per heavy atom. The first kappa shape index (κ1) is 11.8. The maximum Gasteiger partial charge on any atom is 0.373 e. The summed E-state index contributed by atoms with van der Waals surface area (Å²) in [6, 6.07) is 4.89. The van der Waals surface area contributed by atoms with Gasteiger partial charge < -0.3 is 0 Å². The molecule has 1 aromatic carbocycles. The Morgan fingerprint density at radius 3 is 2.93 bits per heavy atom. The molecule has 0 saturated carbocycles. The molecule has 3 nitrogen and oxygen atoms in total. The predicted octanol–water partition coefficient (Wildman–Crippen LogP) is 3.09. The van der Waals surface area contributed by atoms with Gasteiger partial charge in [0.05, 0.1) is 5.56 Å². The minimum absolute atomic E-state index is 0.284. The van der Waals surface area contributed by atoms with Gasteiger partial charge in [0.2, 0.25) is 0 Å². The Kier molecular flexibility index (Phi) is 4.34. The highest BCUT2D eigenvalue weighted by atomic mass is 35.5. The Balaban J connectivity index is 3.02. The molecule has 0 aromatic heterocycles. The standard InChI is InChI=1S/C11H11ClO3/c1-2-3-4-8-5-6-9(12)7-10(8)11(13)15-14/h2,5-7,14H,1,3-4H2. The van der Waals surface area contributed by atoms with Crippen LogP contribution in [0.2, 0.25) is 5.02 Å². The largest absolute Gasteiger partial charge is 0.373 e. The van der Waals surface area contributed by atoms with Crippen molar-refractivity contribution in [2.75, 3.05) is 0 Å². The van der Waals surface area contributed by atoms with Gasteiger partial charge in [0, 0.05) is 5.02 Å². The molecule has 0 aliphatic carbocycles. The van der Waals surface area contributed by atoms with Gasteiger partial charge in [-0.05, 0) is 30.5 Å². The van der Waals surface area contributed by atoms with Gasteiger partial charge in [-0.3, -0.25) is 4.89 Å². The van der Waals surface area contributed by atoms with Crippen molar-refractivity contribution in [2.24, 2.45) is 0 Å². The first-order valence-electron chi connectivity index (χ1n) is 4.44. The Bertz CT molecular complexity index is 374. The molecule has 0 saturated heterocycles. The van der Waals surface area contributed by atoms with Gasteiger partial charge in [-0.2, -0.15) is 5.26 Å². The van der Waals surface area contributed by atoms with Gasteiger partial charge in [-0.15, -0.1) is 6.58 Å². The highest BCUT2D eigenvalue weighted by Gasteiger charge is 2.12. The molecule has 4 heteroatoms. The van der Waals surface area contributed by atoms with Crippen LogP contribution in [0.3, 0.4) is 0 Å². The molecule has 15 heavy (non-hydrogen) atoms. The van der Waals surface area contributed by atoms with Gasteiger partial charge in [0.15, 0.2) is 0 Å². The summed E-state index contributed by atoms with van der Waals surface area (Å²) < 4.78 is 0. The maximum absolute atomic E-state index is 11.2. The first-order valence-corrected chi connectivity index (χ1v) is 4.82. The van der Waals surface area contributed by atoms with Crippen LogP contribution in [0.15, 0.2) is 30.9 Å². The van der Waals surface area contributed by atoms with Crippen molar-refractivity contribution in [3.63, 3.8) is 0 Å². The lowest BCUT2D eigenvalue weighted by atomic mass is 10.0. The fourth-order valence-electron chi connectivity index (χ4n) is 1.26. The van der Waals surface area contributed by atoms with Crippen LogP contribution in [0.4, 0.5) is 0 Å². The van der Waals surface area contributed by atoms with E-state index in [4.69, 9.17) is 16.9 Å². The summed E-state index contributed by atoms with van der Waals surface area (Å²) in [6.07, 6.45) is 3.15. The molecule has 1 N–H and O–H groups in total. The molecule has 0 radical (unpaired) electrons. The second-order valence-corrected chi connectivity index (χ2v) is 3.44. The van der Waals surface area contributed by atoms with Crippen molar-refractivity contribution < 1.29 is 14.9 Å². The number of aryl methyl sites for hydroxylation is 1. The molecule has 80 valence electrons. The summed E-state index contributed by atoms with van der Waals surface area (Å²) in [5.74, 6) is -0.795. The van der Waals surface area contributed by atoms with Crippen LogP contribution >= 0.6 is 11.6 Å². The van der Waals surface area contributed by atoms with Crippen LogP contribution in [-0.4, -0.2) is 11.2 Å². The van der Waals surface area contributed by atoms with Gasteiger partial charge in [-0.25, -0.2) is 4.79 Å². The third kappa shape index (κ3) is 3.08. The van der Waals surface area contributed by atoms with E-state index in [9.17, 15) is 4.79 Å². The fourth-order valence-corrected chi connectivity index (χ4v) is 1.44. The number of hydrogen-bond acceptors (Lipinski definition) is 3. The predicted molar refractivity (Wildman–Crippen MR) is 58.0 cm³/mol. The van der Waals surface area contributed by atoms with E-state index in [2.05, 4.69) is 11.5 Å². The quantitative estimate of drug-likeness (QED) is 0.488. The molecule has 0 fully saturated rings. The van der Waals surface area contributed by atoms with Gasteiger partial charge in [0.25, 0.3) is 0 Å². The molecule has 1 rings (SSSR count). The number of benzene rings is 1. The number of carbonyl (C=O) groups is 1. The average Bonchev–Trinajstić information content (AvgIpc) is 2.26. The number of carbonyl (C=O) groups excluding carboxylic acids is 1. The minimum atomic E-state index is -0.795. The van der Waals surface area contributed by atoms with Crippen LogP contribution in [0.25, 0.3) is 0 Å². The molecule has 0 aliphatic heterocycles.